The first-order valence-electron chi connectivity index (χ1n) is 6.62. The lowest BCUT2D eigenvalue weighted by molar-refractivity contribution is 0.103. The molecule has 0 fully saturated rings. The first kappa shape index (κ1) is 15.7. The van der Waals surface area contributed by atoms with Crippen LogP contribution in [0.5, 0.6) is 23.0 Å². The lowest BCUT2D eigenvalue weighted by Crippen LogP contribution is -2.05. The maximum Gasteiger partial charge on any atom is 0.197 e. The smallest absolute Gasteiger partial charge is 0.197 e. The highest BCUT2D eigenvalue weighted by atomic mass is 16.5. The van der Waals surface area contributed by atoms with Gasteiger partial charge < -0.3 is 18.9 Å². The highest BCUT2D eigenvalue weighted by Gasteiger charge is 2.17. The van der Waals surface area contributed by atoms with Gasteiger partial charge in [-0.15, -0.1) is 0 Å². The lowest BCUT2D eigenvalue weighted by atomic mass is 10.0. The van der Waals surface area contributed by atoms with Crippen molar-refractivity contribution in [2.75, 3.05) is 28.4 Å². The van der Waals surface area contributed by atoms with Gasteiger partial charge in [0.1, 0.15) is 23.0 Å². The number of rotatable bonds is 6. The summed E-state index contributed by atoms with van der Waals surface area (Å²) in [7, 11) is 6.15. The third-order valence-corrected chi connectivity index (χ3v) is 3.27. The Hall–Kier alpha value is -2.69. The van der Waals surface area contributed by atoms with Crippen molar-refractivity contribution >= 4 is 5.78 Å². The Bertz CT molecular complexity index is 656. The van der Waals surface area contributed by atoms with Gasteiger partial charge in [0.15, 0.2) is 5.78 Å². The molecule has 0 aliphatic rings. The van der Waals surface area contributed by atoms with E-state index >= 15 is 0 Å². The summed E-state index contributed by atoms with van der Waals surface area (Å²) >= 11 is 0. The third-order valence-electron chi connectivity index (χ3n) is 3.27. The number of ketones is 1. The molecule has 0 spiro atoms. The zero-order valence-corrected chi connectivity index (χ0v) is 13.0. The van der Waals surface area contributed by atoms with Crippen LogP contribution >= 0.6 is 0 Å². The molecule has 0 atom stereocenters. The maximum atomic E-state index is 12.7. The van der Waals surface area contributed by atoms with Crippen LogP contribution in [0.2, 0.25) is 0 Å². The van der Waals surface area contributed by atoms with E-state index in [1.165, 1.54) is 21.3 Å². The molecule has 0 unspecified atom stereocenters. The van der Waals surface area contributed by atoms with Crippen molar-refractivity contribution in [3.63, 3.8) is 0 Å². The third kappa shape index (κ3) is 3.14. The average molecular weight is 302 g/mol. The Balaban J connectivity index is 2.47. The SMILES string of the molecule is COc1cc(OC)cc(C(=O)c2ccc(OC)cc2OC)c1. The van der Waals surface area contributed by atoms with Gasteiger partial charge in [0, 0.05) is 17.7 Å². The average Bonchev–Trinajstić information content (AvgIpc) is 2.59. The van der Waals surface area contributed by atoms with Crippen molar-refractivity contribution in [2.45, 2.75) is 0 Å². The molecule has 5 heteroatoms. The van der Waals surface area contributed by atoms with Crippen molar-refractivity contribution in [1.29, 1.82) is 0 Å². The molecule has 0 bridgehead atoms. The molecular formula is C17H18O5. The standard InChI is InChI=1S/C17H18O5/c1-19-12-5-6-15(16(10-12)22-4)17(18)11-7-13(20-2)9-14(8-11)21-3/h5-10H,1-4H3. The fraction of sp³-hybridized carbons (Fsp3) is 0.235. The van der Waals surface area contributed by atoms with Crippen LogP contribution in [0, 0.1) is 0 Å². The highest BCUT2D eigenvalue weighted by molar-refractivity contribution is 6.11. The largest absolute Gasteiger partial charge is 0.497 e. The molecule has 0 aromatic heterocycles. The summed E-state index contributed by atoms with van der Waals surface area (Å²) in [5, 5.41) is 0. The minimum atomic E-state index is -0.184. The van der Waals surface area contributed by atoms with Crippen molar-refractivity contribution in [2.24, 2.45) is 0 Å². The Morgan fingerprint density at radius 3 is 1.82 bits per heavy atom. The molecule has 0 aliphatic carbocycles. The van der Waals surface area contributed by atoms with Crippen molar-refractivity contribution in [3.05, 3.63) is 47.5 Å². The number of carbonyl (C=O) groups is 1. The van der Waals surface area contributed by atoms with E-state index in [1.807, 2.05) is 0 Å². The second-order valence-corrected chi connectivity index (χ2v) is 4.50. The normalized spacial score (nSPS) is 10.0. The van der Waals surface area contributed by atoms with Crippen LogP contribution in [0.4, 0.5) is 0 Å². The zero-order chi connectivity index (χ0) is 16.1. The van der Waals surface area contributed by atoms with Crippen LogP contribution in [0.25, 0.3) is 0 Å². The topological polar surface area (TPSA) is 54.0 Å². The number of hydrogen-bond donors (Lipinski definition) is 0. The number of methoxy groups -OCH3 is 4. The Morgan fingerprint density at radius 1 is 0.727 bits per heavy atom. The van der Waals surface area contributed by atoms with Gasteiger partial charge in [0.05, 0.1) is 34.0 Å². The summed E-state index contributed by atoms with van der Waals surface area (Å²) in [6, 6.07) is 10.1. The fourth-order valence-electron chi connectivity index (χ4n) is 2.08. The first-order chi connectivity index (χ1) is 10.6. The Kier molecular flexibility index (Phi) is 4.88. The summed E-state index contributed by atoms with van der Waals surface area (Å²) in [6.07, 6.45) is 0. The van der Waals surface area contributed by atoms with Crippen LogP contribution in [-0.2, 0) is 0 Å². The van der Waals surface area contributed by atoms with Crippen molar-refractivity contribution < 1.29 is 23.7 Å². The van der Waals surface area contributed by atoms with Crippen LogP contribution in [0.3, 0.4) is 0 Å². The highest BCUT2D eigenvalue weighted by Crippen LogP contribution is 2.29. The van der Waals surface area contributed by atoms with Gasteiger partial charge in [-0.2, -0.15) is 0 Å². The molecule has 116 valence electrons. The molecule has 0 amide bonds. The van der Waals surface area contributed by atoms with Crippen molar-refractivity contribution in [3.8, 4) is 23.0 Å². The van der Waals surface area contributed by atoms with Gasteiger partial charge in [0.2, 0.25) is 0 Å². The molecule has 0 N–H and O–H groups in total. The zero-order valence-electron chi connectivity index (χ0n) is 13.0. The molecule has 2 aromatic rings. The van der Waals surface area contributed by atoms with Gasteiger partial charge in [-0.3, -0.25) is 4.79 Å². The van der Waals surface area contributed by atoms with E-state index in [1.54, 1.807) is 43.5 Å². The van der Waals surface area contributed by atoms with Gasteiger partial charge >= 0.3 is 0 Å². The van der Waals surface area contributed by atoms with E-state index in [4.69, 9.17) is 18.9 Å². The number of hydrogen-bond acceptors (Lipinski definition) is 5. The number of ether oxygens (including phenoxy) is 4. The first-order valence-corrected chi connectivity index (χ1v) is 6.62. The van der Waals surface area contributed by atoms with E-state index in [9.17, 15) is 4.79 Å². The molecule has 0 saturated heterocycles. The molecule has 2 aromatic carbocycles. The van der Waals surface area contributed by atoms with E-state index in [0.717, 1.165) is 0 Å². The predicted molar refractivity (Wildman–Crippen MR) is 82.5 cm³/mol. The molecule has 22 heavy (non-hydrogen) atoms. The lowest BCUT2D eigenvalue weighted by Gasteiger charge is -2.11. The molecule has 0 radical (unpaired) electrons. The van der Waals surface area contributed by atoms with Gasteiger partial charge in [-0.25, -0.2) is 0 Å². The van der Waals surface area contributed by atoms with E-state index in [-0.39, 0.29) is 5.78 Å². The fourth-order valence-corrected chi connectivity index (χ4v) is 2.08. The van der Waals surface area contributed by atoms with Crippen LogP contribution < -0.4 is 18.9 Å². The predicted octanol–water partition coefficient (Wildman–Crippen LogP) is 2.95. The Labute approximate surface area is 129 Å². The molecule has 0 heterocycles. The molecule has 0 aliphatic heterocycles. The summed E-state index contributed by atoms with van der Waals surface area (Å²) < 4.78 is 20.8. The van der Waals surface area contributed by atoms with E-state index in [2.05, 4.69) is 0 Å². The number of benzene rings is 2. The van der Waals surface area contributed by atoms with E-state index < -0.39 is 0 Å². The van der Waals surface area contributed by atoms with Crippen LogP contribution in [-0.4, -0.2) is 34.2 Å². The molecule has 2 rings (SSSR count). The maximum absolute atomic E-state index is 12.7. The van der Waals surface area contributed by atoms with E-state index in [0.29, 0.717) is 34.1 Å². The monoisotopic (exact) mass is 302 g/mol. The minimum absolute atomic E-state index is 0.184. The van der Waals surface area contributed by atoms with Gasteiger partial charge in [0.25, 0.3) is 0 Å². The van der Waals surface area contributed by atoms with Gasteiger partial charge in [-0.05, 0) is 24.3 Å². The second-order valence-electron chi connectivity index (χ2n) is 4.50. The molecule has 0 saturated carbocycles. The van der Waals surface area contributed by atoms with Crippen molar-refractivity contribution in [1.82, 2.24) is 0 Å². The van der Waals surface area contributed by atoms with Crippen LogP contribution in [0.1, 0.15) is 15.9 Å². The summed E-state index contributed by atoms with van der Waals surface area (Å²) in [6.45, 7) is 0. The summed E-state index contributed by atoms with van der Waals surface area (Å²) in [5.41, 5.74) is 0.901. The summed E-state index contributed by atoms with van der Waals surface area (Å²) in [5.74, 6) is 1.99. The minimum Gasteiger partial charge on any atom is -0.497 e. The molecule has 5 nitrogen and oxygen atoms in total. The number of carbonyl (C=O) groups excluding carboxylic acids is 1. The second kappa shape index (κ2) is 6.85. The van der Waals surface area contributed by atoms with Gasteiger partial charge in [-0.1, -0.05) is 0 Å². The quantitative estimate of drug-likeness (QED) is 0.768. The Morgan fingerprint density at radius 2 is 1.32 bits per heavy atom. The summed E-state index contributed by atoms with van der Waals surface area (Å²) in [4.78, 5) is 12.7. The van der Waals surface area contributed by atoms with Crippen LogP contribution in [0.15, 0.2) is 36.4 Å². The molecular weight excluding hydrogens is 284 g/mol.